The van der Waals surface area contributed by atoms with Crippen LogP contribution in [0.2, 0.25) is 0 Å². The maximum atomic E-state index is 5.17. The van der Waals surface area contributed by atoms with E-state index in [2.05, 4.69) is 118 Å². The highest BCUT2D eigenvalue weighted by Gasteiger charge is 2.24. The molecule has 6 aromatic heterocycles. The first kappa shape index (κ1) is 19.9. The maximum absolute atomic E-state index is 5.17. The standard InChI is InChI=1S/C34H20N4/c1-2-10-21(11-3-1)26-20-30(36-34-24(26)15-9-19-35-34)38-28-16-7-6-14-25(28)31-29-18-8-17-27-22-12-4-5-13-23(22)32(33(31)38)37(27)29/h1-20H. The first-order valence-corrected chi connectivity index (χ1v) is 12.9. The van der Waals surface area contributed by atoms with E-state index in [-0.39, 0.29) is 0 Å². The Morgan fingerprint density at radius 3 is 2.13 bits per heavy atom. The van der Waals surface area contributed by atoms with Crippen molar-refractivity contribution in [1.29, 1.82) is 0 Å². The van der Waals surface area contributed by atoms with Crippen molar-refractivity contribution in [2.75, 3.05) is 0 Å². The highest BCUT2D eigenvalue weighted by Crippen LogP contribution is 2.44. The van der Waals surface area contributed by atoms with Gasteiger partial charge in [0.05, 0.1) is 27.6 Å². The summed E-state index contributed by atoms with van der Waals surface area (Å²) in [6.07, 6.45) is 1.83. The first-order valence-electron chi connectivity index (χ1n) is 12.9. The number of para-hydroxylation sites is 1. The van der Waals surface area contributed by atoms with Crippen LogP contribution in [0, 0.1) is 0 Å². The zero-order chi connectivity index (χ0) is 24.8. The molecule has 0 amide bonds. The molecule has 0 aliphatic carbocycles. The maximum Gasteiger partial charge on any atom is 0.162 e. The summed E-state index contributed by atoms with van der Waals surface area (Å²) in [6.45, 7) is 0. The number of pyridine rings is 3. The highest BCUT2D eigenvalue weighted by molar-refractivity contribution is 6.29. The van der Waals surface area contributed by atoms with Crippen LogP contribution in [0.1, 0.15) is 0 Å². The summed E-state index contributed by atoms with van der Waals surface area (Å²) < 4.78 is 4.77. The molecule has 6 heterocycles. The van der Waals surface area contributed by atoms with Crippen LogP contribution in [0.3, 0.4) is 0 Å². The quantitative estimate of drug-likeness (QED) is 0.247. The molecule has 0 N–H and O–H groups in total. The van der Waals surface area contributed by atoms with Crippen LogP contribution < -0.4 is 0 Å². The summed E-state index contributed by atoms with van der Waals surface area (Å²) in [5.41, 5.74) is 9.04. The van der Waals surface area contributed by atoms with Gasteiger partial charge in [-0.05, 0) is 47.5 Å². The first-order chi connectivity index (χ1) is 18.9. The zero-order valence-electron chi connectivity index (χ0n) is 20.3. The van der Waals surface area contributed by atoms with Gasteiger partial charge in [-0.2, -0.15) is 0 Å². The Hall–Kier alpha value is -5.22. The number of aromatic nitrogens is 4. The van der Waals surface area contributed by atoms with Crippen molar-refractivity contribution in [3.8, 4) is 16.9 Å². The van der Waals surface area contributed by atoms with Crippen molar-refractivity contribution in [2.24, 2.45) is 0 Å². The second-order valence-corrected chi connectivity index (χ2v) is 9.87. The molecule has 38 heavy (non-hydrogen) atoms. The van der Waals surface area contributed by atoms with Gasteiger partial charge in [-0.3, -0.25) is 4.57 Å². The van der Waals surface area contributed by atoms with Crippen molar-refractivity contribution in [1.82, 2.24) is 18.9 Å². The van der Waals surface area contributed by atoms with Gasteiger partial charge in [-0.25, -0.2) is 9.97 Å². The minimum absolute atomic E-state index is 0.746. The minimum Gasteiger partial charge on any atom is -0.306 e. The van der Waals surface area contributed by atoms with Crippen molar-refractivity contribution < 1.29 is 0 Å². The molecule has 0 fully saturated rings. The normalized spacial score (nSPS) is 12.2. The van der Waals surface area contributed by atoms with Crippen molar-refractivity contribution in [3.63, 3.8) is 0 Å². The lowest BCUT2D eigenvalue weighted by Gasteiger charge is -2.12. The topological polar surface area (TPSA) is 35.1 Å². The van der Waals surface area contributed by atoms with Crippen LogP contribution in [0.4, 0.5) is 0 Å². The number of rotatable bonds is 2. The smallest absolute Gasteiger partial charge is 0.162 e. The second-order valence-electron chi connectivity index (χ2n) is 9.87. The van der Waals surface area contributed by atoms with Crippen LogP contribution in [0.25, 0.3) is 77.1 Å². The molecule has 4 heteroatoms. The zero-order valence-corrected chi connectivity index (χ0v) is 20.3. The fourth-order valence-electron chi connectivity index (χ4n) is 6.40. The van der Waals surface area contributed by atoms with E-state index in [1.54, 1.807) is 0 Å². The molecule has 3 aromatic carbocycles. The third-order valence-corrected chi connectivity index (χ3v) is 7.91. The molecular weight excluding hydrogens is 464 g/mol. The van der Waals surface area contributed by atoms with E-state index in [9.17, 15) is 0 Å². The van der Waals surface area contributed by atoms with Crippen LogP contribution in [-0.4, -0.2) is 18.9 Å². The summed E-state index contributed by atoms with van der Waals surface area (Å²) in [5, 5.41) is 6.06. The van der Waals surface area contributed by atoms with Crippen LogP contribution in [0.5, 0.6) is 0 Å². The molecule has 0 aliphatic rings. The van der Waals surface area contributed by atoms with E-state index in [0.29, 0.717) is 0 Å². The van der Waals surface area contributed by atoms with Crippen LogP contribution in [0.15, 0.2) is 121 Å². The molecule has 0 aliphatic heterocycles. The van der Waals surface area contributed by atoms with Crippen LogP contribution >= 0.6 is 0 Å². The summed E-state index contributed by atoms with van der Waals surface area (Å²) in [5.74, 6) is 0.874. The van der Waals surface area contributed by atoms with E-state index in [1.807, 2.05) is 12.3 Å². The summed E-state index contributed by atoms with van der Waals surface area (Å²) in [6, 6.07) is 40.9. The largest absolute Gasteiger partial charge is 0.306 e. The third kappa shape index (κ3) is 2.44. The Kier molecular flexibility index (Phi) is 3.76. The van der Waals surface area contributed by atoms with E-state index < -0.39 is 0 Å². The van der Waals surface area contributed by atoms with Crippen LogP contribution in [-0.2, 0) is 0 Å². The summed E-state index contributed by atoms with van der Waals surface area (Å²) in [4.78, 5) is 9.87. The predicted octanol–water partition coefficient (Wildman–Crippen LogP) is 8.39. The van der Waals surface area contributed by atoms with Gasteiger partial charge in [0.2, 0.25) is 0 Å². The predicted molar refractivity (Wildman–Crippen MR) is 156 cm³/mol. The minimum atomic E-state index is 0.746. The molecule has 0 unspecified atom stereocenters. The Morgan fingerprint density at radius 1 is 0.526 bits per heavy atom. The molecule has 176 valence electrons. The van der Waals surface area contributed by atoms with Crippen molar-refractivity contribution in [2.45, 2.75) is 0 Å². The SMILES string of the molecule is c1ccc(-c2cc(-n3c4ccccc4c4c3c3c5ccccc5c5cccc4n53)nc3ncccc23)cc1. The number of hydrogen-bond donors (Lipinski definition) is 0. The molecule has 9 aromatic rings. The van der Waals surface area contributed by atoms with E-state index in [1.165, 1.54) is 43.6 Å². The molecule has 0 saturated heterocycles. The molecule has 0 radical (unpaired) electrons. The van der Waals surface area contributed by atoms with Gasteiger partial charge < -0.3 is 4.40 Å². The third-order valence-electron chi connectivity index (χ3n) is 7.91. The molecule has 0 bridgehead atoms. The Balaban J connectivity index is 1.53. The highest BCUT2D eigenvalue weighted by atomic mass is 15.1. The molecular formula is C34H20N4. The molecule has 0 atom stereocenters. The lowest BCUT2D eigenvalue weighted by molar-refractivity contribution is 1.09. The Morgan fingerprint density at radius 2 is 1.24 bits per heavy atom. The van der Waals surface area contributed by atoms with Gasteiger partial charge in [0, 0.05) is 33.1 Å². The Labute approximate surface area is 217 Å². The fraction of sp³-hybridized carbons (Fsp3) is 0. The fourth-order valence-corrected chi connectivity index (χ4v) is 6.40. The van der Waals surface area contributed by atoms with Gasteiger partial charge in [-0.1, -0.05) is 78.9 Å². The van der Waals surface area contributed by atoms with Crippen molar-refractivity contribution >= 4 is 60.2 Å². The number of hydrogen-bond acceptors (Lipinski definition) is 2. The van der Waals surface area contributed by atoms with Crippen molar-refractivity contribution in [3.05, 3.63) is 121 Å². The molecule has 9 rings (SSSR count). The van der Waals surface area contributed by atoms with Gasteiger partial charge in [-0.15, -0.1) is 0 Å². The Bertz CT molecular complexity index is 2340. The van der Waals surface area contributed by atoms with E-state index in [0.717, 1.165) is 33.5 Å². The summed E-state index contributed by atoms with van der Waals surface area (Å²) in [7, 11) is 0. The average molecular weight is 485 g/mol. The number of fused-ring (bicyclic) bond motifs is 9. The lowest BCUT2D eigenvalue weighted by Crippen LogP contribution is -2.00. The van der Waals surface area contributed by atoms with Gasteiger partial charge in [0.25, 0.3) is 0 Å². The summed E-state index contributed by atoms with van der Waals surface area (Å²) >= 11 is 0. The molecule has 4 nitrogen and oxygen atoms in total. The number of nitrogens with zero attached hydrogens (tertiary/aromatic N) is 4. The van der Waals surface area contributed by atoms with E-state index >= 15 is 0 Å². The molecule has 0 saturated carbocycles. The monoisotopic (exact) mass is 484 g/mol. The second kappa shape index (κ2) is 7.17. The average Bonchev–Trinajstić information content (AvgIpc) is 3.62. The number of benzene rings is 3. The van der Waals surface area contributed by atoms with Gasteiger partial charge in [0.15, 0.2) is 5.65 Å². The molecule has 0 spiro atoms. The van der Waals surface area contributed by atoms with Gasteiger partial charge in [0.1, 0.15) is 5.82 Å². The van der Waals surface area contributed by atoms with E-state index in [4.69, 9.17) is 9.97 Å². The van der Waals surface area contributed by atoms with Gasteiger partial charge >= 0.3 is 0 Å². The lowest BCUT2D eigenvalue weighted by atomic mass is 10.0.